The molecule has 232 valence electrons. The summed E-state index contributed by atoms with van der Waals surface area (Å²) in [5, 5.41) is 2.98. The van der Waals surface area contributed by atoms with E-state index in [1.807, 2.05) is 18.2 Å². The van der Waals surface area contributed by atoms with Crippen LogP contribution >= 0.6 is 43.5 Å². The topological polar surface area (TPSA) is 113 Å². The molecule has 0 aliphatic rings. The molecule has 0 radical (unpaired) electrons. The molecule has 4 aromatic carbocycles. The third kappa shape index (κ3) is 7.97. The van der Waals surface area contributed by atoms with Crippen molar-refractivity contribution < 1.29 is 32.3 Å². The normalized spacial score (nSPS) is 10.7. The molecule has 8 nitrogen and oxygen atoms in total. The van der Waals surface area contributed by atoms with Gasteiger partial charge in [-0.3, -0.25) is 0 Å². The zero-order valence-electron chi connectivity index (χ0n) is 23.4. The van der Waals surface area contributed by atoms with Crippen molar-refractivity contribution in [1.29, 1.82) is 0 Å². The Morgan fingerprint density at radius 2 is 1.13 bits per heavy atom. The second-order valence-corrected chi connectivity index (χ2v) is 11.2. The van der Waals surface area contributed by atoms with Crippen LogP contribution in [0.4, 0.5) is 4.39 Å². The van der Waals surface area contributed by atoms with E-state index in [-0.39, 0.29) is 22.6 Å². The van der Waals surface area contributed by atoms with E-state index in [0.717, 1.165) is 17.2 Å². The van der Waals surface area contributed by atoms with Crippen molar-refractivity contribution in [2.24, 2.45) is 0 Å². The average molecular weight is 771 g/mol. The molecule has 2 aromatic heterocycles. The summed E-state index contributed by atoms with van der Waals surface area (Å²) in [4.78, 5) is 48.3. The molecule has 0 atom stereocenters. The predicted octanol–water partition coefficient (Wildman–Crippen LogP) is 8.61. The minimum atomic E-state index is -0.893. The molecule has 2 heterocycles. The smallest absolute Gasteiger partial charge is 0.351 e. The Morgan fingerprint density at radius 1 is 0.652 bits per heavy atom. The lowest BCUT2D eigenvalue weighted by atomic mass is 10.1. The van der Waals surface area contributed by atoms with Crippen LogP contribution in [0.25, 0.3) is 21.9 Å². The minimum absolute atomic E-state index is 0.0173. The molecule has 0 aliphatic heterocycles. The molecule has 0 aliphatic carbocycles. The van der Waals surface area contributed by atoms with Gasteiger partial charge in [0.1, 0.15) is 39.6 Å². The van der Waals surface area contributed by atoms with Gasteiger partial charge in [-0.15, -0.1) is 0 Å². The number of carbonyl (C=O) groups excluding carboxylic acids is 2. The number of esters is 2. The molecule has 0 saturated carbocycles. The van der Waals surface area contributed by atoms with Crippen molar-refractivity contribution in [3.8, 4) is 11.5 Å². The first-order valence-corrected chi connectivity index (χ1v) is 16.0. The lowest BCUT2D eigenvalue weighted by Crippen LogP contribution is -2.18. The van der Waals surface area contributed by atoms with Gasteiger partial charge in [0.05, 0.1) is 0 Å². The van der Waals surface area contributed by atoms with E-state index in [4.69, 9.17) is 29.9 Å². The van der Waals surface area contributed by atoms with E-state index in [0.29, 0.717) is 37.6 Å². The van der Waals surface area contributed by atoms with Crippen molar-refractivity contribution in [3.63, 3.8) is 0 Å². The number of fused-ring (bicyclic) bond motifs is 2. The van der Waals surface area contributed by atoms with E-state index < -0.39 is 29.0 Å². The molecule has 0 amide bonds. The zero-order valence-corrected chi connectivity index (χ0v) is 27.4. The number of halogens is 4. The summed E-state index contributed by atoms with van der Waals surface area (Å²) in [6.45, 7) is 0. The predicted molar refractivity (Wildman–Crippen MR) is 178 cm³/mol. The number of rotatable bonds is 6. The van der Waals surface area contributed by atoms with Crippen molar-refractivity contribution in [2.45, 2.75) is 10.7 Å². The molecule has 0 N–H and O–H groups in total. The highest BCUT2D eigenvalue weighted by Crippen LogP contribution is 2.22. The number of benzene rings is 4. The molecule has 12 heteroatoms. The first-order valence-electron chi connectivity index (χ1n) is 13.3. The van der Waals surface area contributed by atoms with Gasteiger partial charge in [0.2, 0.25) is 0 Å². The third-order valence-corrected chi connectivity index (χ3v) is 7.88. The van der Waals surface area contributed by atoms with Gasteiger partial charge in [-0.25, -0.2) is 23.6 Å². The van der Waals surface area contributed by atoms with Crippen LogP contribution in [0.2, 0.25) is 5.02 Å². The van der Waals surface area contributed by atoms with Gasteiger partial charge in [0, 0.05) is 32.5 Å². The summed E-state index contributed by atoms with van der Waals surface area (Å²) in [6, 6.07) is 25.0. The molecule has 6 rings (SSSR count). The van der Waals surface area contributed by atoms with Crippen LogP contribution in [0.1, 0.15) is 31.8 Å². The summed E-state index contributed by atoms with van der Waals surface area (Å²) in [5.41, 5.74) is 0.816. The van der Waals surface area contributed by atoms with E-state index in [9.17, 15) is 23.6 Å². The molecule has 6 aromatic rings. The Morgan fingerprint density at radius 3 is 1.59 bits per heavy atom. The van der Waals surface area contributed by atoms with Gasteiger partial charge in [-0.1, -0.05) is 67.7 Å². The maximum absolute atomic E-state index is 13.1. The van der Waals surface area contributed by atoms with Crippen LogP contribution in [0.3, 0.4) is 0 Å². The highest BCUT2D eigenvalue weighted by atomic mass is 79.9. The Kier molecular flexibility index (Phi) is 10.5. The van der Waals surface area contributed by atoms with Crippen LogP contribution in [-0.2, 0) is 10.7 Å². The largest absolute Gasteiger partial charge is 0.423 e. The maximum Gasteiger partial charge on any atom is 0.351 e. The van der Waals surface area contributed by atoms with Gasteiger partial charge in [0.15, 0.2) is 0 Å². The molecule has 0 spiro atoms. The average Bonchev–Trinajstić information content (AvgIpc) is 3.04. The molecular formula is C34H20Br2ClFO8. The van der Waals surface area contributed by atoms with Gasteiger partial charge in [-0.05, 0) is 77.9 Å². The van der Waals surface area contributed by atoms with Crippen LogP contribution in [0.15, 0.2) is 115 Å². The zero-order chi connectivity index (χ0) is 32.8. The van der Waals surface area contributed by atoms with E-state index in [2.05, 4.69) is 31.9 Å². The van der Waals surface area contributed by atoms with Gasteiger partial charge < -0.3 is 18.3 Å². The van der Waals surface area contributed by atoms with Crippen LogP contribution in [0.5, 0.6) is 11.5 Å². The molecule has 46 heavy (non-hydrogen) atoms. The summed E-state index contributed by atoms with van der Waals surface area (Å²) < 4.78 is 33.6. The van der Waals surface area contributed by atoms with Gasteiger partial charge >= 0.3 is 23.2 Å². The quantitative estimate of drug-likeness (QED) is 0.0717. The summed E-state index contributed by atoms with van der Waals surface area (Å²) >= 11 is 12.5. The number of alkyl halides is 2. The second kappa shape index (κ2) is 14.7. The molecular weight excluding hydrogens is 751 g/mol. The summed E-state index contributed by atoms with van der Waals surface area (Å²) in [5.74, 6) is -1.94. The van der Waals surface area contributed by atoms with E-state index in [1.165, 1.54) is 36.4 Å². The van der Waals surface area contributed by atoms with Gasteiger partial charge in [0.25, 0.3) is 0 Å². The Balaban J connectivity index is 0.000000181. The van der Waals surface area contributed by atoms with Crippen LogP contribution in [0, 0.1) is 5.82 Å². The number of hydrogen-bond donors (Lipinski definition) is 0. The fraction of sp³-hybridized carbons (Fsp3) is 0.0588. The number of hydrogen-bond acceptors (Lipinski definition) is 8. The fourth-order valence-electron chi connectivity index (χ4n) is 4.18. The van der Waals surface area contributed by atoms with Crippen LogP contribution < -0.4 is 20.7 Å². The highest BCUT2D eigenvalue weighted by molar-refractivity contribution is 9.08. The lowest BCUT2D eigenvalue weighted by molar-refractivity contribution is 0.0720. The Labute approximate surface area is 281 Å². The first-order chi connectivity index (χ1) is 22.1. The first kappa shape index (κ1) is 32.8. The van der Waals surface area contributed by atoms with E-state index in [1.54, 1.807) is 36.4 Å². The fourth-order valence-corrected chi connectivity index (χ4v) is 5.06. The summed E-state index contributed by atoms with van der Waals surface area (Å²) in [6.07, 6.45) is 0. The third-order valence-electron chi connectivity index (χ3n) is 6.35. The van der Waals surface area contributed by atoms with Gasteiger partial charge in [-0.2, -0.15) is 0 Å². The Hall–Kier alpha value is -4.58. The van der Waals surface area contributed by atoms with Crippen molar-refractivity contribution in [3.05, 3.63) is 151 Å². The van der Waals surface area contributed by atoms with E-state index >= 15 is 0 Å². The molecule has 0 saturated heterocycles. The number of carbonyl (C=O) groups is 2. The van der Waals surface area contributed by atoms with Crippen LogP contribution in [-0.4, -0.2) is 11.9 Å². The van der Waals surface area contributed by atoms with Crippen molar-refractivity contribution in [2.75, 3.05) is 0 Å². The molecule has 0 unspecified atom stereocenters. The SMILES string of the molecule is O=C(Oc1cccc(Cl)c1)c1cc2cc(CBr)ccc2oc1=O.O=C(Oc1cccc(F)c1)c1cc2cc(CBr)ccc2oc1=O. The Bertz CT molecular complexity index is 2060. The van der Waals surface area contributed by atoms with Crippen molar-refractivity contribution in [1.82, 2.24) is 0 Å². The minimum Gasteiger partial charge on any atom is -0.423 e. The second-order valence-electron chi connectivity index (χ2n) is 9.60. The maximum atomic E-state index is 13.1. The number of ether oxygens (including phenoxy) is 2. The highest BCUT2D eigenvalue weighted by Gasteiger charge is 2.18. The standard InChI is InChI=1S/C17H10BrClO4.C17H10BrFO4/c2*18-9-10-4-5-15-11(6-10)7-14(17(21)23-15)16(20)22-13-3-1-2-12(19)8-13/h2*1-8H,9H2. The summed E-state index contributed by atoms with van der Waals surface area (Å²) in [7, 11) is 0. The lowest BCUT2D eigenvalue weighted by Gasteiger charge is -2.05. The monoisotopic (exact) mass is 768 g/mol. The molecule has 0 fully saturated rings. The van der Waals surface area contributed by atoms with Crippen molar-refractivity contribution >= 4 is 77.3 Å². The molecule has 0 bridgehead atoms.